The molecule has 1 fully saturated rings. The highest BCUT2D eigenvalue weighted by atomic mass is 79.9. The molecule has 0 aromatic heterocycles. The van der Waals surface area contributed by atoms with Crippen molar-refractivity contribution in [2.45, 2.75) is 31.2 Å². The molecule has 7 heteroatoms. The van der Waals surface area contributed by atoms with Gasteiger partial charge in [-0.25, -0.2) is 4.79 Å². The van der Waals surface area contributed by atoms with Crippen molar-refractivity contribution in [2.24, 2.45) is 0 Å². The number of carboxylic acid groups (broad SMARTS) is 1. The maximum absolute atomic E-state index is 12.0. The van der Waals surface area contributed by atoms with Crippen molar-refractivity contribution in [3.63, 3.8) is 0 Å². The van der Waals surface area contributed by atoms with Crippen LogP contribution in [0.1, 0.15) is 25.7 Å². The number of rotatable bonds is 4. The highest BCUT2D eigenvalue weighted by Crippen LogP contribution is 2.35. The summed E-state index contributed by atoms with van der Waals surface area (Å²) in [5, 5.41) is 14.8. The van der Waals surface area contributed by atoms with E-state index in [0.29, 0.717) is 28.0 Å². The molecule has 1 aromatic rings. The molecule has 1 saturated carbocycles. The van der Waals surface area contributed by atoms with Crippen molar-refractivity contribution in [3.8, 4) is 0 Å². The first-order valence-electron chi connectivity index (χ1n) is 6.16. The highest BCUT2D eigenvalue weighted by molar-refractivity contribution is 9.10. The molecule has 0 heterocycles. The highest BCUT2D eigenvalue weighted by Gasteiger charge is 2.40. The number of aliphatic carboxylic acids is 1. The Morgan fingerprint density at radius 3 is 2.65 bits per heavy atom. The third kappa shape index (κ3) is 3.64. The Labute approximate surface area is 129 Å². The van der Waals surface area contributed by atoms with Crippen molar-refractivity contribution in [1.82, 2.24) is 5.32 Å². The largest absolute Gasteiger partial charge is 0.481 e. The zero-order valence-electron chi connectivity index (χ0n) is 10.6. The third-order valence-corrected chi connectivity index (χ3v) is 4.28. The molecule has 5 nitrogen and oxygen atoms in total. The Morgan fingerprint density at radius 2 is 2.10 bits per heavy atom. The van der Waals surface area contributed by atoms with Crippen LogP contribution in [-0.2, 0) is 4.79 Å². The lowest BCUT2D eigenvalue weighted by atomic mass is 9.74. The maximum Gasteiger partial charge on any atom is 0.319 e. The molecule has 0 saturated heterocycles. The molecule has 0 unspecified atom stereocenters. The fourth-order valence-corrected chi connectivity index (χ4v) is 2.74. The topological polar surface area (TPSA) is 78.4 Å². The second-order valence-corrected chi connectivity index (χ2v) is 6.20. The van der Waals surface area contributed by atoms with E-state index >= 15 is 0 Å². The Hall–Kier alpha value is -1.27. The van der Waals surface area contributed by atoms with E-state index in [1.165, 1.54) is 0 Å². The van der Waals surface area contributed by atoms with Gasteiger partial charge in [-0.1, -0.05) is 11.6 Å². The minimum Gasteiger partial charge on any atom is -0.481 e. The number of carbonyl (C=O) groups is 2. The van der Waals surface area contributed by atoms with E-state index in [0.717, 1.165) is 6.42 Å². The van der Waals surface area contributed by atoms with E-state index < -0.39 is 17.5 Å². The number of hydrogen-bond acceptors (Lipinski definition) is 2. The van der Waals surface area contributed by atoms with Gasteiger partial charge in [-0.3, -0.25) is 4.79 Å². The van der Waals surface area contributed by atoms with E-state index in [-0.39, 0.29) is 6.42 Å². The summed E-state index contributed by atoms with van der Waals surface area (Å²) >= 11 is 9.19. The smallest absolute Gasteiger partial charge is 0.319 e. The number of anilines is 1. The van der Waals surface area contributed by atoms with Crippen molar-refractivity contribution in [1.29, 1.82) is 0 Å². The second kappa shape index (κ2) is 6.01. The molecule has 2 rings (SSSR count). The van der Waals surface area contributed by atoms with Gasteiger partial charge in [0.25, 0.3) is 0 Å². The molecule has 0 atom stereocenters. The zero-order chi connectivity index (χ0) is 14.8. The monoisotopic (exact) mass is 360 g/mol. The Bertz CT molecular complexity index is 546. The Kier molecular flexibility index (Phi) is 4.55. The molecule has 0 aliphatic heterocycles. The van der Waals surface area contributed by atoms with Crippen LogP contribution < -0.4 is 10.6 Å². The van der Waals surface area contributed by atoms with Crippen molar-refractivity contribution in [2.75, 3.05) is 5.32 Å². The van der Waals surface area contributed by atoms with E-state index in [4.69, 9.17) is 16.7 Å². The molecule has 0 bridgehead atoms. The van der Waals surface area contributed by atoms with Gasteiger partial charge in [0.15, 0.2) is 0 Å². The van der Waals surface area contributed by atoms with Crippen molar-refractivity contribution in [3.05, 3.63) is 27.7 Å². The van der Waals surface area contributed by atoms with Gasteiger partial charge in [0.05, 0.1) is 17.6 Å². The van der Waals surface area contributed by atoms with Crippen LogP contribution in [0.3, 0.4) is 0 Å². The standard InChI is InChI=1S/C13H14BrClN2O3/c14-9-3-2-8(15)6-10(9)16-12(20)17-13(4-1-5-13)7-11(18)19/h2-3,6H,1,4-5,7H2,(H,18,19)(H2,16,17,20). The molecule has 1 aliphatic rings. The summed E-state index contributed by atoms with van der Waals surface area (Å²) in [6.45, 7) is 0. The van der Waals surface area contributed by atoms with Crippen LogP contribution in [0.25, 0.3) is 0 Å². The summed E-state index contributed by atoms with van der Waals surface area (Å²) < 4.78 is 0.706. The molecule has 20 heavy (non-hydrogen) atoms. The Morgan fingerprint density at radius 1 is 1.40 bits per heavy atom. The average molecular weight is 362 g/mol. The second-order valence-electron chi connectivity index (χ2n) is 4.91. The molecule has 2 amide bonds. The number of amides is 2. The van der Waals surface area contributed by atoms with Crippen LogP contribution in [0.5, 0.6) is 0 Å². The zero-order valence-corrected chi connectivity index (χ0v) is 12.9. The van der Waals surface area contributed by atoms with Gasteiger partial charge in [0.1, 0.15) is 0 Å². The number of halogens is 2. The maximum atomic E-state index is 12.0. The van der Waals surface area contributed by atoms with Crippen molar-refractivity contribution >= 4 is 45.2 Å². The fourth-order valence-electron chi connectivity index (χ4n) is 2.23. The van der Waals surface area contributed by atoms with E-state index in [9.17, 15) is 9.59 Å². The number of carbonyl (C=O) groups excluding carboxylic acids is 1. The molecule has 1 aromatic carbocycles. The van der Waals surface area contributed by atoms with Crippen LogP contribution >= 0.6 is 27.5 Å². The first-order valence-corrected chi connectivity index (χ1v) is 7.33. The number of hydrogen-bond donors (Lipinski definition) is 3. The lowest BCUT2D eigenvalue weighted by Gasteiger charge is -2.41. The van der Waals surface area contributed by atoms with Crippen LogP contribution in [-0.4, -0.2) is 22.6 Å². The predicted molar refractivity (Wildman–Crippen MR) is 80.1 cm³/mol. The first-order chi connectivity index (χ1) is 9.40. The molecule has 1 aliphatic carbocycles. The Balaban J connectivity index is 2.01. The lowest BCUT2D eigenvalue weighted by molar-refractivity contribution is -0.139. The van der Waals surface area contributed by atoms with Gasteiger partial charge in [-0.2, -0.15) is 0 Å². The predicted octanol–water partition coefficient (Wildman–Crippen LogP) is 3.62. The SMILES string of the molecule is O=C(O)CC1(NC(=O)Nc2cc(Cl)ccc2Br)CCC1. The molecule has 0 radical (unpaired) electrons. The normalized spacial score (nSPS) is 16.1. The van der Waals surface area contributed by atoms with Gasteiger partial charge in [-0.05, 0) is 53.4 Å². The molecular formula is C13H14BrClN2O3. The quantitative estimate of drug-likeness (QED) is 0.766. The third-order valence-electron chi connectivity index (χ3n) is 3.36. The van der Waals surface area contributed by atoms with E-state index in [1.807, 2.05) is 0 Å². The van der Waals surface area contributed by atoms with Gasteiger partial charge in [0, 0.05) is 9.50 Å². The summed E-state index contributed by atoms with van der Waals surface area (Å²) in [6.07, 6.45) is 2.23. The van der Waals surface area contributed by atoms with Gasteiger partial charge in [-0.15, -0.1) is 0 Å². The summed E-state index contributed by atoms with van der Waals surface area (Å²) in [4.78, 5) is 22.8. The minimum absolute atomic E-state index is 0.0584. The van der Waals surface area contributed by atoms with Gasteiger partial charge < -0.3 is 15.7 Å². The van der Waals surface area contributed by atoms with E-state index in [2.05, 4.69) is 26.6 Å². The van der Waals surface area contributed by atoms with Crippen molar-refractivity contribution < 1.29 is 14.7 Å². The molecule has 108 valence electrons. The number of benzene rings is 1. The van der Waals surface area contributed by atoms with E-state index in [1.54, 1.807) is 18.2 Å². The minimum atomic E-state index is -0.908. The first kappa shape index (κ1) is 15.1. The molecule has 3 N–H and O–H groups in total. The van der Waals surface area contributed by atoms with Gasteiger partial charge >= 0.3 is 12.0 Å². The van der Waals surface area contributed by atoms with Gasteiger partial charge in [0.2, 0.25) is 0 Å². The van der Waals surface area contributed by atoms with Crippen LogP contribution in [0.2, 0.25) is 5.02 Å². The number of nitrogens with one attached hydrogen (secondary N) is 2. The van der Waals surface area contributed by atoms with Crippen LogP contribution in [0.15, 0.2) is 22.7 Å². The average Bonchev–Trinajstić information content (AvgIpc) is 2.30. The summed E-state index contributed by atoms with van der Waals surface area (Å²) in [5.41, 5.74) is -0.0826. The molecular weight excluding hydrogens is 348 g/mol. The molecule has 0 spiro atoms. The number of carboxylic acids is 1. The van der Waals surface area contributed by atoms with Crippen LogP contribution in [0, 0.1) is 0 Å². The fraction of sp³-hybridized carbons (Fsp3) is 0.385. The van der Waals surface area contributed by atoms with Crippen LogP contribution in [0.4, 0.5) is 10.5 Å². The number of urea groups is 1. The summed E-state index contributed by atoms with van der Waals surface area (Å²) in [7, 11) is 0. The lowest BCUT2D eigenvalue weighted by Crippen LogP contribution is -2.55. The summed E-state index contributed by atoms with van der Waals surface area (Å²) in [6, 6.07) is 4.63. The summed E-state index contributed by atoms with van der Waals surface area (Å²) in [5.74, 6) is -0.908.